The molecule has 1 aromatic rings. The fourth-order valence-electron chi connectivity index (χ4n) is 2.13. The molecule has 6 heteroatoms. The molecule has 1 aromatic heterocycles. The lowest BCUT2D eigenvalue weighted by molar-refractivity contribution is 0.264. The zero-order valence-corrected chi connectivity index (χ0v) is 16.8. The van der Waals surface area contributed by atoms with Crippen molar-refractivity contribution < 1.29 is 4.42 Å². The van der Waals surface area contributed by atoms with Gasteiger partial charge in [0.05, 0.1) is 18.8 Å². The molecule has 0 aliphatic carbocycles. The van der Waals surface area contributed by atoms with Crippen molar-refractivity contribution in [3.8, 4) is 0 Å². The number of unbranched alkanes of at least 4 members (excludes halogenated alkanes) is 1. The normalized spacial score (nSPS) is 12.9. The minimum atomic E-state index is 0. The molecule has 22 heavy (non-hydrogen) atoms. The molecule has 0 fully saturated rings. The molecule has 0 spiro atoms. The number of aliphatic imine (C=N–C) groups is 1. The summed E-state index contributed by atoms with van der Waals surface area (Å²) in [5.41, 5.74) is 0. The van der Waals surface area contributed by atoms with Crippen LogP contribution in [0.1, 0.15) is 38.5 Å². The smallest absolute Gasteiger partial charge is 0.193 e. The van der Waals surface area contributed by atoms with Crippen LogP contribution in [0, 0.1) is 0 Å². The Hall–Kier alpha value is -0.760. The first kappa shape index (κ1) is 21.2. The van der Waals surface area contributed by atoms with E-state index in [0.717, 1.165) is 24.8 Å². The number of nitrogens with one attached hydrogen (secondary N) is 1. The number of halogens is 1. The van der Waals surface area contributed by atoms with Gasteiger partial charge in [0.1, 0.15) is 5.76 Å². The van der Waals surface area contributed by atoms with Gasteiger partial charge in [0.2, 0.25) is 0 Å². The van der Waals surface area contributed by atoms with Crippen molar-refractivity contribution in [1.82, 2.24) is 15.1 Å². The highest BCUT2D eigenvalue weighted by atomic mass is 127. The molecule has 0 amide bonds. The van der Waals surface area contributed by atoms with E-state index < -0.39 is 0 Å². The molecular formula is C16H31IN4O. The van der Waals surface area contributed by atoms with E-state index in [1.54, 1.807) is 6.26 Å². The summed E-state index contributed by atoms with van der Waals surface area (Å²) in [5, 5.41) is 3.36. The van der Waals surface area contributed by atoms with Crippen molar-refractivity contribution in [3.63, 3.8) is 0 Å². The molecule has 0 aromatic carbocycles. The summed E-state index contributed by atoms with van der Waals surface area (Å²) in [5.74, 6) is 1.92. The van der Waals surface area contributed by atoms with Crippen LogP contribution >= 0.6 is 24.0 Å². The maximum absolute atomic E-state index is 5.53. The number of guanidine groups is 1. The molecule has 5 nitrogen and oxygen atoms in total. The maximum Gasteiger partial charge on any atom is 0.193 e. The van der Waals surface area contributed by atoms with Crippen LogP contribution < -0.4 is 5.32 Å². The molecule has 1 atom stereocenters. The van der Waals surface area contributed by atoms with Gasteiger partial charge in [0, 0.05) is 20.1 Å². The molecule has 0 bridgehead atoms. The first-order chi connectivity index (χ1) is 10.1. The van der Waals surface area contributed by atoms with Gasteiger partial charge >= 0.3 is 0 Å². The average Bonchev–Trinajstić information content (AvgIpc) is 2.97. The lowest BCUT2D eigenvalue weighted by Crippen LogP contribution is -2.40. The van der Waals surface area contributed by atoms with Gasteiger partial charge in [-0.25, -0.2) is 0 Å². The Kier molecular flexibility index (Phi) is 11.4. The molecule has 0 aliphatic rings. The van der Waals surface area contributed by atoms with Gasteiger partial charge in [-0.15, -0.1) is 24.0 Å². The number of rotatable bonds is 8. The van der Waals surface area contributed by atoms with Crippen LogP contribution in [0.15, 0.2) is 27.8 Å². The van der Waals surface area contributed by atoms with Crippen molar-refractivity contribution in [2.75, 3.05) is 40.8 Å². The van der Waals surface area contributed by atoms with Crippen molar-refractivity contribution in [3.05, 3.63) is 24.2 Å². The molecule has 0 saturated heterocycles. The summed E-state index contributed by atoms with van der Waals surface area (Å²) in [6, 6.07) is 4.09. The minimum absolute atomic E-state index is 0. The second kappa shape index (κ2) is 11.8. The number of hydrogen-bond acceptors (Lipinski definition) is 3. The van der Waals surface area contributed by atoms with Gasteiger partial charge in [0.15, 0.2) is 5.96 Å². The van der Waals surface area contributed by atoms with Gasteiger partial charge in [-0.3, -0.25) is 9.89 Å². The SMILES string of the molecule is CCCCN(C)C(=NCC(c1ccco1)N(C)C)NCC.I. The highest BCUT2D eigenvalue weighted by Crippen LogP contribution is 2.18. The fourth-order valence-corrected chi connectivity index (χ4v) is 2.13. The first-order valence-corrected chi connectivity index (χ1v) is 7.79. The zero-order chi connectivity index (χ0) is 15.7. The molecule has 0 aliphatic heterocycles. The van der Waals surface area contributed by atoms with Crippen molar-refractivity contribution in [2.45, 2.75) is 32.7 Å². The van der Waals surface area contributed by atoms with Gasteiger partial charge in [-0.05, 0) is 39.6 Å². The topological polar surface area (TPSA) is 44.0 Å². The summed E-state index contributed by atoms with van der Waals surface area (Å²) in [6.45, 7) is 6.88. The number of nitrogens with zero attached hydrogens (tertiary/aromatic N) is 3. The molecule has 1 heterocycles. The molecule has 1 rings (SSSR count). The Morgan fingerprint density at radius 2 is 2.05 bits per heavy atom. The second-order valence-electron chi connectivity index (χ2n) is 5.46. The van der Waals surface area contributed by atoms with E-state index in [4.69, 9.17) is 9.41 Å². The summed E-state index contributed by atoms with van der Waals surface area (Å²) in [6.07, 6.45) is 4.08. The van der Waals surface area contributed by atoms with Gasteiger partial charge in [-0.1, -0.05) is 13.3 Å². The third-order valence-corrected chi connectivity index (χ3v) is 3.45. The van der Waals surface area contributed by atoms with E-state index in [2.05, 4.69) is 50.1 Å². The van der Waals surface area contributed by atoms with E-state index >= 15 is 0 Å². The zero-order valence-electron chi connectivity index (χ0n) is 14.5. The second-order valence-corrected chi connectivity index (χ2v) is 5.46. The van der Waals surface area contributed by atoms with Gasteiger partial charge in [-0.2, -0.15) is 0 Å². The summed E-state index contributed by atoms with van der Waals surface area (Å²) < 4.78 is 5.53. The maximum atomic E-state index is 5.53. The number of furan rings is 1. The lowest BCUT2D eigenvalue weighted by Gasteiger charge is -2.24. The molecule has 128 valence electrons. The predicted octanol–water partition coefficient (Wildman–Crippen LogP) is 3.20. The van der Waals surface area contributed by atoms with Gasteiger partial charge < -0.3 is 14.6 Å². The van der Waals surface area contributed by atoms with Crippen LogP contribution in [0.2, 0.25) is 0 Å². The van der Waals surface area contributed by atoms with Crippen LogP contribution in [0.25, 0.3) is 0 Å². The Balaban J connectivity index is 0.00000441. The molecule has 0 radical (unpaired) electrons. The Bertz CT molecular complexity index is 406. The monoisotopic (exact) mass is 422 g/mol. The van der Waals surface area contributed by atoms with Crippen LogP contribution in [0.4, 0.5) is 0 Å². The van der Waals surface area contributed by atoms with E-state index in [1.807, 2.05) is 12.1 Å². The molecule has 0 saturated carbocycles. The van der Waals surface area contributed by atoms with Crippen LogP contribution in [-0.4, -0.2) is 56.5 Å². The Morgan fingerprint density at radius 1 is 1.32 bits per heavy atom. The Morgan fingerprint density at radius 3 is 2.55 bits per heavy atom. The first-order valence-electron chi connectivity index (χ1n) is 7.79. The lowest BCUT2D eigenvalue weighted by atomic mass is 10.2. The third kappa shape index (κ3) is 7.00. The summed E-state index contributed by atoms with van der Waals surface area (Å²) >= 11 is 0. The van der Waals surface area contributed by atoms with E-state index in [-0.39, 0.29) is 30.0 Å². The largest absolute Gasteiger partial charge is 0.468 e. The molecular weight excluding hydrogens is 391 g/mol. The fraction of sp³-hybridized carbons (Fsp3) is 0.688. The molecule has 1 N–H and O–H groups in total. The van der Waals surface area contributed by atoms with Gasteiger partial charge in [0.25, 0.3) is 0 Å². The van der Waals surface area contributed by atoms with Crippen LogP contribution in [-0.2, 0) is 0 Å². The van der Waals surface area contributed by atoms with Crippen LogP contribution in [0.5, 0.6) is 0 Å². The Labute approximate surface area is 152 Å². The minimum Gasteiger partial charge on any atom is -0.468 e. The van der Waals surface area contributed by atoms with E-state index in [1.165, 1.54) is 12.8 Å². The van der Waals surface area contributed by atoms with E-state index in [0.29, 0.717) is 6.54 Å². The predicted molar refractivity (Wildman–Crippen MR) is 104 cm³/mol. The van der Waals surface area contributed by atoms with Crippen LogP contribution in [0.3, 0.4) is 0 Å². The van der Waals surface area contributed by atoms with Crippen molar-refractivity contribution in [1.29, 1.82) is 0 Å². The summed E-state index contributed by atoms with van der Waals surface area (Å²) in [4.78, 5) is 9.11. The average molecular weight is 422 g/mol. The van der Waals surface area contributed by atoms with E-state index in [9.17, 15) is 0 Å². The quantitative estimate of drug-likeness (QED) is 0.397. The molecule has 1 unspecified atom stereocenters. The highest BCUT2D eigenvalue weighted by Gasteiger charge is 2.17. The standard InChI is InChI=1S/C16H30N4O.HI/c1-6-8-11-20(5)16(17-7-2)18-13-14(19(3)4)15-10-9-12-21-15;/h9-10,12,14H,6-8,11,13H2,1-5H3,(H,17,18);1H. The third-order valence-electron chi connectivity index (χ3n) is 3.45. The number of hydrogen-bond donors (Lipinski definition) is 1. The highest BCUT2D eigenvalue weighted by molar-refractivity contribution is 14.0. The van der Waals surface area contributed by atoms with Crippen molar-refractivity contribution >= 4 is 29.9 Å². The van der Waals surface area contributed by atoms with Crippen molar-refractivity contribution in [2.24, 2.45) is 4.99 Å². The summed E-state index contributed by atoms with van der Waals surface area (Å²) in [7, 11) is 6.20. The number of likely N-dealkylation sites (N-methyl/N-ethyl adjacent to an activating group) is 1.